The van der Waals surface area contributed by atoms with Crippen LogP contribution < -0.4 is 4.90 Å². The molecule has 0 amide bonds. The second-order valence-electron chi connectivity index (χ2n) is 4.70. The summed E-state index contributed by atoms with van der Waals surface area (Å²) in [5.41, 5.74) is 1.61. The Kier molecular flexibility index (Phi) is 3.60. The van der Waals surface area contributed by atoms with Crippen LogP contribution in [-0.2, 0) is 0 Å². The molecule has 1 aliphatic rings. The second kappa shape index (κ2) is 5.15. The lowest BCUT2D eigenvalue weighted by Crippen LogP contribution is -2.42. The van der Waals surface area contributed by atoms with E-state index in [1.807, 2.05) is 12.1 Å². The zero-order valence-corrected chi connectivity index (χ0v) is 10.4. The number of hydrogen-bond acceptors (Lipinski definition) is 4. The minimum Gasteiger partial charge on any atom is -0.370 e. The van der Waals surface area contributed by atoms with E-state index in [4.69, 9.17) is 5.26 Å². The highest BCUT2D eigenvalue weighted by Crippen LogP contribution is 2.20. The molecule has 0 N–H and O–H groups in total. The Bertz CT molecular complexity index is 396. The lowest BCUT2D eigenvalue weighted by atomic mass is 10.0. The van der Waals surface area contributed by atoms with Gasteiger partial charge in [0.25, 0.3) is 0 Å². The first-order valence-electron chi connectivity index (χ1n) is 5.98. The summed E-state index contributed by atoms with van der Waals surface area (Å²) in [6.45, 7) is 2.13. The summed E-state index contributed by atoms with van der Waals surface area (Å²) < 4.78 is 0. The first-order chi connectivity index (χ1) is 8.20. The minimum atomic E-state index is 0.483. The average molecular weight is 230 g/mol. The van der Waals surface area contributed by atoms with Crippen molar-refractivity contribution >= 4 is 5.69 Å². The standard InChI is InChI=1S/C13H18N4/c1-16(2)12-5-7-17(8-6-12)13-4-3-11(9-14)15-10-13/h3-4,10,12H,5-8H2,1-2H3. The number of hydrogen-bond donors (Lipinski definition) is 0. The molecule has 1 saturated heterocycles. The third-order valence-corrected chi connectivity index (χ3v) is 3.42. The van der Waals surface area contributed by atoms with Crippen LogP contribution in [0.4, 0.5) is 5.69 Å². The van der Waals surface area contributed by atoms with Gasteiger partial charge in [0, 0.05) is 19.1 Å². The van der Waals surface area contributed by atoms with E-state index in [-0.39, 0.29) is 0 Å². The van der Waals surface area contributed by atoms with Crippen LogP contribution in [-0.4, -0.2) is 43.1 Å². The zero-order chi connectivity index (χ0) is 12.3. The lowest BCUT2D eigenvalue weighted by Gasteiger charge is -2.36. The van der Waals surface area contributed by atoms with Gasteiger partial charge < -0.3 is 9.80 Å². The molecule has 0 atom stereocenters. The SMILES string of the molecule is CN(C)C1CCN(c2ccc(C#N)nc2)CC1. The summed E-state index contributed by atoms with van der Waals surface area (Å²) in [6.07, 6.45) is 4.18. The fourth-order valence-corrected chi connectivity index (χ4v) is 2.28. The fraction of sp³-hybridized carbons (Fsp3) is 0.538. The number of piperidine rings is 1. The highest BCUT2D eigenvalue weighted by atomic mass is 15.2. The number of aromatic nitrogens is 1. The Hall–Kier alpha value is -1.60. The topological polar surface area (TPSA) is 43.2 Å². The van der Waals surface area contributed by atoms with Crippen LogP contribution in [0.25, 0.3) is 0 Å². The zero-order valence-electron chi connectivity index (χ0n) is 10.4. The van der Waals surface area contributed by atoms with E-state index in [1.165, 1.54) is 12.8 Å². The van der Waals surface area contributed by atoms with Crippen LogP contribution in [0.15, 0.2) is 18.3 Å². The Morgan fingerprint density at radius 2 is 2.06 bits per heavy atom. The summed E-state index contributed by atoms with van der Waals surface area (Å²) in [4.78, 5) is 8.75. The Morgan fingerprint density at radius 3 is 2.53 bits per heavy atom. The van der Waals surface area contributed by atoms with E-state index >= 15 is 0 Å². The van der Waals surface area contributed by atoms with Gasteiger partial charge in [-0.3, -0.25) is 0 Å². The molecule has 0 spiro atoms. The third kappa shape index (κ3) is 2.75. The van der Waals surface area contributed by atoms with Gasteiger partial charge in [-0.2, -0.15) is 5.26 Å². The minimum absolute atomic E-state index is 0.483. The molecule has 0 bridgehead atoms. The molecular formula is C13H18N4. The van der Waals surface area contributed by atoms with Crippen LogP contribution in [0.3, 0.4) is 0 Å². The normalized spacial score (nSPS) is 17.2. The number of pyridine rings is 1. The van der Waals surface area contributed by atoms with Crippen molar-refractivity contribution in [3.8, 4) is 6.07 Å². The van der Waals surface area contributed by atoms with Gasteiger partial charge in [-0.15, -0.1) is 0 Å². The smallest absolute Gasteiger partial charge is 0.140 e. The molecule has 4 nitrogen and oxygen atoms in total. The van der Waals surface area contributed by atoms with Gasteiger partial charge in [-0.05, 0) is 39.1 Å². The van der Waals surface area contributed by atoms with Crippen molar-refractivity contribution in [1.29, 1.82) is 5.26 Å². The molecule has 2 rings (SSSR count). The molecule has 1 fully saturated rings. The van der Waals surface area contributed by atoms with Gasteiger partial charge in [0.15, 0.2) is 0 Å². The summed E-state index contributed by atoms with van der Waals surface area (Å²) in [5.74, 6) is 0. The second-order valence-corrected chi connectivity index (χ2v) is 4.70. The van der Waals surface area contributed by atoms with Crippen molar-refractivity contribution in [2.45, 2.75) is 18.9 Å². The predicted octanol–water partition coefficient (Wildman–Crippen LogP) is 1.48. The van der Waals surface area contributed by atoms with Crippen LogP contribution >= 0.6 is 0 Å². The van der Waals surface area contributed by atoms with Crippen molar-refractivity contribution in [3.63, 3.8) is 0 Å². The van der Waals surface area contributed by atoms with Crippen LogP contribution in [0, 0.1) is 11.3 Å². The predicted molar refractivity (Wildman–Crippen MR) is 67.9 cm³/mol. The molecule has 1 aromatic rings. The Labute approximate surface area is 102 Å². The fourth-order valence-electron chi connectivity index (χ4n) is 2.28. The van der Waals surface area contributed by atoms with Crippen molar-refractivity contribution in [1.82, 2.24) is 9.88 Å². The lowest BCUT2D eigenvalue weighted by molar-refractivity contribution is 0.249. The van der Waals surface area contributed by atoms with Gasteiger partial charge in [0.1, 0.15) is 11.8 Å². The third-order valence-electron chi connectivity index (χ3n) is 3.42. The highest BCUT2D eigenvalue weighted by Gasteiger charge is 2.20. The maximum atomic E-state index is 8.70. The van der Waals surface area contributed by atoms with Gasteiger partial charge in [0.05, 0.1) is 11.9 Å². The van der Waals surface area contributed by atoms with E-state index in [0.29, 0.717) is 11.7 Å². The van der Waals surface area contributed by atoms with E-state index in [1.54, 1.807) is 12.3 Å². The van der Waals surface area contributed by atoms with Gasteiger partial charge in [0.2, 0.25) is 0 Å². The monoisotopic (exact) mass is 230 g/mol. The van der Waals surface area contributed by atoms with Crippen molar-refractivity contribution in [3.05, 3.63) is 24.0 Å². The Morgan fingerprint density at radius 1 is 1.35 bits per heavy atom. The number of anilines is 1. The molecule has 2 heterocycles. The summed E-state index contributed by atoms with van der Waals surface area (Å²) in [6, 6.07) is 6.51. The Balaban J connectivity index is 1.98. The molecule has 1 aromatic heterocycles. The molecule has 0 aromatic carbocycles. The molecule has 17 heavy (non-hydrogen) atoms. The van der Waals surface area contributed by atoms with Crippen LogP contribution in [0.2, 0.25) is 0 Å². The summed E-state index contributed by atoms with van der Waals surface area (Å²) >= 11 is 0. The summed E-state index contributed by atoms with van der Waals surface area (Å²) in [7, 11) is 4.28. The molecule has 90 valence electrons. The number of nitriles is 1. The first-order valence-corrected chi connectivity index (χ1v) is 5.98. The largest absolute Gasteiger partial charge is 0.370 e. The van der Waals surface area contributed by atoms with Crippen molar-refractivity contribution in [2.75, 3.05) is 32.1 Å². The maximum absolute atomic E-state index is 8.70. The van der Waals surface area contributed by atoms with Crippen LogP contribution in [0.1, 0.15) is 18.5 Å². The van der Waals surface area contributed by atoms with Gasteiger partial charge >= 0.3 is 0 Å². The highest BCUT2D eigenvalue weighted by molar-refractivity contribution is 5.46. The van der Waals surface area contributed by atoms with E-state index in [9.17, 15) is 0 Å². The molecule has 0 saturated carbocycles. The van der Waals surface area contributed by atoms with Gasteiger partial charge in [-0.25, -0.2) is 4.98 Å². The molecule has 0 aliphatic carbocycles. The van der Waals surface area contributed by atoms with E-state index < -0.39 is 0 Å². The summed E-state index contributed by atoms with van der Waals surface area (Å²) in [5, 5.41) is 8.70. The maximum Gasteiger partial charge on any atom is 0.140 e. The molecular weight excluding hydrogens is 212 g/mol. The van der Waals surface area contributed by atoms with E-state index in [0.717, 1.165) is 18.8 Å². The van der Waals surface area contributed by atoms with Gasteiger partial charge in [-0.1, -0.05) is 0 Å². The van der Waals surface area contributed by atoms with Crippen molar-refractivity contribution in [2.24, 2.45) is 0 Å². The van der Waals surface area contributed by atoms with E-state index in [2.05, 4.69) is 28.9 Å². The molecule has 0 unspecified atom stereocenters. The first kappa shape index (κ1) is 11.9. The molecule has 1 aliphatic heterocycles. The quantitative estimate of drug-likeness (QED) is 0.772. The number of nitrogens with zero attached hydrogens (tertiary/aromatic N) is 4. The van der Waals surface area contributed by atoms with Crippen LogP contribution in [0.5, 0.6) is 0 Å². The average Bonchev–Trinajstić information content (AvgIpc) is 2.39. The molecule has 0 radical (unpaired) electrons. The van der Waals surface area contributed by atoms with Crippen molar-refractivity contribution < 1.29 is 0 Å². The molecule has 4 heteroatoms. The number of rotatable bonds is 2.